The van der Waals surface area contributed by atoms with Gasteiger partial charge >= 0.3 is 0 Å². The Hall–Kier alpha value is -1.99. The molecule has 3 rings (SSSR count). The molecule has 2 heterocycles. The number of nitrogens with zero attached hydrogens (tertiary/aromatic N) is 2. The summed E-state index contributed by atoms with van der Waals surface area (Å²) in [5.74, 6) is 1.27. The van der Waals surface area contributed by atoms with E-state index in [4.69, 9.17) is 9.47 Å². The summed E-state index contributed by atoms with van der Waals surface area (Å²) in [5, 5.41) is 12.4. The van der Waals surface area contributed by atoms with Crippen molar-refractivity contribution in [2.24, 2.45) is 5.92 Å². The summed E-state index contributed by atoms with van der Waals surface area (Å²) in [6.07, 6.45) is 3.09. The number of aryl methyl sites for hydroxylation is 1. The van der Waals surface area contributed by atoms with E-state index < -0.39 is 0 Å². The molecule has 1 N–H and O–H groups in total. The normalized spacial score (nSPS) is 15.1. The topological polar surface area (TPSA) is 73.3 Å². The van der Waals surface area contributed by atoms with Crippen LogP contribution in [-0.2, 0) is 16.0 Å². The van der Waals surface area contributed by atoms with E-state index in [0.29, 0.717) is 30.5 Å². The predicted molar refractivity (Wildman–Crippen MR) is 97.1 cm³/mol. The summed E-state index contributed by atoms with van der Waals surface area (Å²) in [6, 6.07) is 7.95. The summed E-state index contributed by atoms with van der Waals surface area (Å²) in [7, 11) is 0. The third-order valence-corrected chi connectivity index (χ3v) is 5.00. The van der Waals surface area contributed by atoms with Crippen LogP contribution in [0.1, 0.15) is 29.8 Å². The molecule has 25 heavy (non-hydrogen) atoms. The number of amides is 1. The van der Waals surface area contributed by atoms with Gasteiger partial charge in [-0.2, -0.15) is 0 Å². The minimum atomic E-state index is 0.00520. The Balaban J connectivity index is 1.41. The van der Waals surface area contributed by atoms with Crippen molar-refractivity contribution < 1.29 is 14.3 Å². The minimum absolute atomic E-state index is 0.00520. The maximum Gasteiger partial charge on any atom is 0.226 e. The van der Waals surface area contributed by atoms with Gasteiger partial charge < -0.3 is 14.8 Å². The molecule has 0 aliphatic carbocycles. The Bertz CT molecular complexity index is 698. The number of hydrogen-bond acceptors (Lipinski definition) is 6. The van der Waals surface area contributed by atoms with Crippen LogP contribution in [0.15, 0.2) is 24.3 Å². The standard InChI is InChI=1S/C18H23N3O3S/c1-13-3-2-4-15(11-13)24-10-7-17-20-21-18(25-17)19-16(22)12-14-5-8-23-9-6-14/h2-4,11,14H,5-10,12H2,1H3,(H,19,21,22). The van der Waals surface area contributed by atoms with Gasteiger partial charge in [-0.15, -0.1) is 10.2 Å². The second kappa shape index (κ2) is 8.92. The van der Waals surface area contributed by atoms with E-state index in [9.17, 15) is 4.79 Å². The van der Waals surface area contributed by atoms with E-state index in [0.717, 1.165) is 36.8 Å². The van der Waals surface area contributed by atoms with Gasteiger partial charge in [0.25, 0.3) is 0 Å². The van der Waals surface area contributed by atoms with Gasteiger partial charge in [0.15, 0.2) is 0 Å². The highest BCUT2D eigenvalue weighted by atomic mass is 32.1. The molecule has 1 aliphatic heterocycles. The molecule has 7 heteroatoms. The van der Waals surface area contributed by atoms with Crippen molar-refractivity contribution in [3.63, 3.8) is 0 Å². The summed E-state index contributed by atoms with van der Waals surface area (Å²) < 4.78 is 11.0. The van der Waals surface area contributed by atoms with E-state index >= 15 is 0 Å². The third-order valence-electron chi connectivity index (χ3n) is 4.10. The number of carbonyl (C=O) groups excluding carboxylic acids is 1. The monoisotopic (exact) mass is 361 g/mol. The summed E-state index contributed by atoms with van der Waals surface area (Å²) in [5.41, 5.74) is 1.17. The van der Waals surface area contributed by atoms with Gasteiger partial charge in [-0.25, -0.2) is 0 Å². The smallest absolute Gasteiger partial charge is 0.226 e. The van der Waals surface area contributed by atoms with E-state index in [2.05, 4.69) is 15.5 Å². The molecule has 0 atom stereocenters. The molecule has 6 nitrogen and oxygen atoms in total. The van der Waals surface area contributed by atoms with Gasteiger partial charge in [0.1, 0.15) is 10.8 Å². The number of nitrogens with one attached hydrogen (secondary N) is 1. The molecular formula is C18H23N3O3S. The van der Waals surface area contributed by atoms with Gasteiger partial charge in [0.05, 0.1) is 6.61 Å². The van der Waals surface area contributed by atoms with Gasteiger partial charge in [0.2, 0.25) is 11.0 Å². The van der Waals surface area contributed by atoms with Crippen LogP contribution in [0, 0.1) is 12.8 Å². The lowest BCUT2D eigenvalue weighted by molar-refractivity contribution is -0.117. The largest absolute Gasteiger partial charge is 0.493 e. The maximum atomic E-state index is 12.1. The molecule has 1 aromatic heterocycles. The lowest BCUT2D eigenvalue weighted by Crippen LogP contribution is -2.22. The Morgan fingerprint density at radius 3 is 3.00 bits per heavy atom. The number of hydrogen-bond donors (Lipinski definition) is 1. The number of ether oxygens (including phenoxy) is 2. The van der Waals surface area contributed by atoms with Crippen LogP contribution in [0.2, 0.25) is 0 Å². The highest BCUT2D eigenvalue weighted by molar-refractivity contribution is 7.15. The first-order chi connectivity index (χ1) is 12.2. The van der Waals surface area contributed by atoms with Gasteiger partial charge in [-0.1, -0.05) is 23.5 Å². The number of benzene rings is 1. The average molecular weight is 361 g/mol. The highest BCUT2D eigenvalue weighted by Gasteiger charge is 2.18. The third kappa shape index (κ3) is 5.79. The molecule has 0 spiro atoms. The van der Waals surface area contributed by atoms with E-state index in [1.807, 2.05) is 31.2 Å². The van der Waals surface area contributed by atoms with Crippen molar-refractivity contribution >= 4 is 22.4 Å². The molecule has 2 aromatic rings. The Kier molecular flexibility index (Phi) is 6.36. The fourth-order valence-corrected chi connectivity index (χ4v) is 3.49. The maximum absolute atomic E-state index is 12.1. The Morgan fingerprint density at radius 1 is 1.36 bits per heavy atom. The average Bonchev–Trinajstić information content (AvgIpc) is 3.03. The fourth-order valence-electron chi connectivity index (χ4n) is 2.75. The van der Waals surface area contributed by atoms with E-state index in [-0.39, 0.29) is 5.91 Å². The molecule has 1 aromatic carbocycles. The van der Waals surface area contributed by atoms with Crippen molar-refractivity contribution in [2.45, 2.75) is 32.6 Å². The quantitative estimate of drug-likeness (QED) is 0.820. The number of rotatable bonds is 7. The molecule has 0 unspecified atom stereocenters. The van der Waals surface area contributed by atoms with Crippen LogP contribution in [-0.4, -0.2) is 35.9 Å². The lowest BCUT2D eigenvalue weighted by atomic mass is 9.96. The summed E-state index contributed by atoms with van der Waals surface area (Å²) in [6.45, 7) is 4.07. The van der Waals surface area contributed by atoms with Crippen molar-refractivity contribution in [3.8, 4) is 5.75 Å². The molecule has 0 saturated carbocycles. The number of carbonyl (C=O) groups is 1. The predicted octanol–water partition coefficient (Wildman–Crippen LogP) is 3.22. The number of anilines is 1. The SMILES string of the molecule is Cc1cccc(OCCc2nnc(NC(=O)CC3CCOCC3)s2)c1. The summed E-state index contributed by atoms with van der Waals surface area (Å²) >= 11 is 1.40. The van der Waals surface area contributed by atoms with E-state index in [1.165, 1.54) is 16.9 Å². The van der Waals surface area contributed by atoms with E-state index in [1.54, 1.807) is 0 Å². The highest BCUT2D eigenvalue weighted by Crippen LogP contribution is 2.21. The van der Waals surface area contributed by atoms with Crippen molar-refractivity contribution in [1.29, 1.82) is 0 Å². The fraction of sp³-hybridized carbons (Fsp3) is 0.500. The van der Waals surface area contributed by atoms with Crippen LogP contribution in [0.3, 0.4) is 0 Å². The van der Waals surface area contributed by atoms with Gasteiger partial charge in [-0.3, -0.25) is 4.79 Å². The van der Waals surface area contributed by atoms with Crippen molar-refractivity contribution in [2.75, 3.05) is 25.1 Å². The van der Waals surface area contributed by atoms with Crippen LogP contribution in [0.5, 0.6) is 5.75 Å². The van der Waals surface area contributed by atoms with Crippen LogP contribution >= 0.6 is 11.3 Å². The Labute approximate surface area is 151 Å². The zero-order valence-electron chi connectivity index (χ0n) is 14.4. The summed E-state index contributed by atoms with van der Waals surface area (Å²) in [4.78, 5) is 12.1. The first kappa shape index (κ1) is 17.8. The second-order valence-electron chi connectivity index (χ2n) is 6.22. The molecule has 1 aliphatic rings. The molecule has 0 bridgehead atoms. The first-order valence-electron chi connectivity index (χ1n) is 8.58. The Morgan fingerprint density at radius 2 is 2.20 bits per heavy atom. The molecule has 0 radical (unpaired) electrons. The minimum Gasteiger partial charge on any atom is -0.493 e. The second-order valence-corrected chi connectivity index (χ2v) is 7.29. The van der Waals surface area contributed by atoms with Crippen LogP contribution < -0.4 is 10.1 Å². The van der Waals surface area contributed by atoms with Gasteiger partial charge in [0, 0.05) is 26.1 Å². The molecule has 134 valence electrons. The van der Waals surface area contributed by atoms with Crippen molar-refractivity contribution in [1.82, 2.24) is 10.2 Å². The zero-order valence-corrected chi connectivity index (χ0v) is 15.2. The molecular weight excluding hydrogens is 338 g/mol. The molecule has 1 fully saturated rings. The zero-order chi connectivity index (χ0) is 17.5. The lowest BCUT2D eigenvalue weighted by Gasteiger charge is -2.20. The molecule has 1 saturated heterocycles. The van der Waals surface area contributed by atoms with Crippen LogP contribution in [0.25, 0.3) is 0 Å². The van der Waals surface area contributed by atoms with Gasteiger partial charge in [-0.05, 0) is 43.4 Å². The number of aromatic nitrogens is 2. The molecule has 1 amide bonds. The van der Waals surface area contributed by atoms with Crippen molar-refractivity contribution in [3.05, 3.63) is 34.8 Å². The van der Waals surface area contributed by atoms with Crippen LogP contribution in [0.4, 0.5) is 5.13 Å². The first-order valence-corrected chi connectivity index (χ1v) is 9.40.